The summed E-state index contributed by atoms with van der Waals surface area (Å²) in [6, 6.07) is 12.2. The van der Waals surface area contributed by atoms with E-state index in [2.05, 4.69) is 29.2 Å². The smallest absolute Gasteiger partial charge is 0.168 e. The lowest BCUT2D eigenvalue weighted by Gasteiger charge is -2.18. The average Bonchev–Trinajstić information content (AvgIpc) is 2.53. The lowest BCUT2D eigenvalue weighted by molar-refractivity contribution is 0.355. The van der Waals surface area contributed by atoms with Gasteiger partial charge < -0.3 is 20.1 Å². The van der Waals surface area contributed by atoms with E-state index in [4.69, 9.17) is 15.2 Å². The first-order valence-electron chi connectivity index (χ1n) is 7.27. The molecular formula is C18H24N2O2. The van der Waals surface area contributed by atoms with E-state index in [0.29, 0.717) is 5.75 Å². The molecule has 4 nitrogen and oxygen atoms in total. The van der Waals surface area contributed by atoms with Crippen molar-refractivity contribution in [1.29, 1.82) is 0 Å². The molecule has 0 saturated heterocycles. The van der Waals surface area contributed by atoms with Crippen molar-refractivity contribution >= 4 is 5.69 Å². The zero-order valence-corrected chi connectivity index (χ0v) is 13.9. The normalized spacial score (nSPS) is 11.9. The van der Waals surface area contributed by atoms with E-state index < -0.39 is 0 Å². The summed E-state index contributed by atoms with van der Waals surface area (Å²) in [7, 11) is 7.34. The van der Waals surface area contributed by atoms with Gasteiger partial charge in [-0.2, -0.15) is 0 Å². The summed E-state index contributed by atoms with van der Waals surface area (Å²) in [5, 5.41) is 0. The highest BCUT2D eigenvalue weighted by Gasteiger charge is 2.16. The molecule has 0 heterocycles. The molecule has 1 atom stereocenters. The molecular weight excluding hydrogens is 276 g/mol. The van der Waals surface area contributed by atoms with Crippen molar-refractivity contribution in [2.45, 2.75) is 13.0 Å². The van der Waals surface area contributed by atoms with Gasteiger partial charge in [-0.15, -0.1) is 0 Å². The quantitative estimate of drug-likeness (QED) is 0.918. The fourth-order valence-electron chi connectivity index (χ4n) is 2.41. The summed E-state index contributed by atoms with van der Waals surface area (Å²) in [5.41, 5.74) is 10.3. The van der Waals surface area contributed by atoms with Crippen LogP contribution in [0.3, 0.4) is 0 Å². The van der Waals surface area contributed by atoms with Crippen LogP contribution < -0.4 is 20.1 Å². The molecule has 118 valence electrons. The van der Waals surface area contributed by atoms with Crippen LogP contribution in [0.15, 0.2) is 36.4 Å². The Labute approximate surface area is 132 Å². The summed E-state index contributed by atoms with van der Waals surface area (Å²) >= 11 is 0. The van der Waals surface area contributed by atoms with Crippen LogP contribution in [0.25, 0.3) is 11.1 Å². The zero-order chi connectivity index (χ0) is 16.3. The van der Waals surface area contributed by atoms with Gasteiger partial charge in [-0.05, 0) is 42.3 Å². The zero-order valence-electron chi connectivity index (χ0n) is 13.9. The van der Waals surface area contributed by atoms with Gasteiger partial charge in [0.05, 0.1) is 14.2 Å². The van der Waals surface area contributed by atoms with Crippen LogP contribution in [-0.2, 0) is 0 Å². The van der Waals surface area contributed by atoms with Crippen molar-refractivity contribution in [3.05, 3.63) is 42.0 Å². The second-order valence-corrected chi connectivity index (χ2v) is 5.54. The number of methoxy groups -OCH3 is 2. The largest absolute Gasteiger partial charge is 0.493 e. The second kappa shape index (κ2) is 6.71. The Bertz CT molecular complexity index is 652. The molecule has 0 fully saturated rings. The molecule has 1 unspecified atom stereocenters. The molecule has 2 aromatic rings. The van der Waals surface area contributed by atoms with Gasteiger partial charge in [0.15, 0.2) is 11.5 Å². The molecule has 0 bridgehead atoms. The molecule has 0 aliphatic rings. The van der Waals surface area contributed by atoms with Gasteiger partial charge >= 0.3 is 0 Å². The first kappa shape index (κ1) is 16.2. The van der Waals surface area contributed by atoms with Crippen LogP contribution in [0.2, 0.25) is 0 Å². The van der Waals surface area contributed by atoms with Crippen molar-refractivity contribution in [2.75, 3.05) is 33.2 Å². The Morgan fingerprint density at radius 1 is 1.05 bits per heavy atom. The molecule has 0 aliphatic carbocycles. The van der Waals surface area contributed by atoms with Gasteiger partial charge in [-0.1, -0.05) is 12.1 Å². The standard InChI is InChI=1S/C18H24N2O2/c1-12(19)14-10-16(18(22-5)17(11-14)21-4)13-7-6-8-15(9-13)20(2)3/h6-12H,19H2,1-5H3. The van der Waals surface area contributed by atoms with Crippen LogP contribution >= 0.6 is 0 Å². The first-order chi connectivity index (χ1) is 10.5. The maximum Gasteiger partial charge on any atom is 0.168 e. The molecule has 2 aromatic carbocycles. The maximum atomic E-state index is 6.05. The van der Waals surface area contributed by atoms with Gasteiger partial charge in [-0.3, -0.25) is 0 Å². The van der Waals surface area contributed by atoms with Crippen LogP contribution in [0, 0.1) is 0 Å². The number of hydrogen-bond acceptors (Lipinski definition) is 4. The SMILES string of the molecule is COc1cc(C(C)N)cc(-c2cccc(N(C)C)c2)c1OC. The fraction of sp³-hybridized carbons (Fsp3) is 0.333. The predicted octanol–water partition coefficient (Wildman–Crippen LogP) is 3.46. The van der Waals surface area contributed by atoms with Crippen molar-refractivity contribution < 1.29 is 9.47 Å². The van der Waals surface area contributed by atoms with Crippen LogP contribution in [0.5, 0.6) is 11.5 Å². The summed E-state index contributed by atoms with van der Waals surface area (Å²) in [6.45, 7) is 1.96. The number of nitrogens with zero attached hydrogens (tertiary/aromatic N) is 1. The molecule has 2 N–H and O–H groups in total. The van der Waals surface area contributed by atoms with E-state index in [9.17, 15) is 0 Å². The number of benzene rings is 2. The molecule has 4 heteroatoms. The molecule has 22 heavy (non-hydrogen) atoms. The van der Waals surface area contributed by atoms with Crippen molar-refractivity contribution in [3.8, 4) is 22.6 Å². The number of ether oxygens (including phenoxy) is 2. The summed E-state index contributed by atoms with van der Waals surface area (Å²) in [4.78, 5) is 2.07. The lowest BCUT2D eigenvalue weighted by atomic mass is 9.98. The Balaban J connectivity index is 2.66. The third-order valence-electron chi connectivity index (χ3n) is 3.70. The Hall–Kier alpha value is -2.20. The third-order valence-corrected chi connectivity index (χ3v) is 3.70. The van der Waals surface area contributed by atoms with Crippen LogP contribution in [0.4, 0.5) is 5.69 Å². The van der Waals surface area contributed by atoms with E-state index in [0.717, 1.165) is 28.1 Å². The Morgan fingerprint density at radius 3 is 2.32 bits per heavy atom. The van der Waals surface area contributed by atoms with Crippen LogP contribution in [0.1, 0.15) is 18.5 Å². The van der Waals surface area contributed by atoms with E-state index in [-0.39, 0.29) is 6.04 Å². The second-order valence-electron chi connectivity index (χ2n) is 5.54. The van der Waals surface area contributed by atoms with E-state index in [1.54, 1.807) is 14.2 Å². The molecule has 0 saturated carbocycles. The molecule has 0 radical (unpaired) electrons. The summed E-state index contributed by atoms with van der Waals surface area (Å²) in [5.74, 6) is 1.42. The van der Waals surface area contributed by atoms with Gasteiger partial charge in [0.2, 0.25) is 0 Å². The van der Waals surface area contributed by atoms with Crippen molar-refractivity contribution in [2.24, 2.45) is 5.73 Å². The lowest BCUT2D eigenvalue weighted by Crippen LogP contribution is -2.08. The average molecular weight is 300 g/mol. The molecule has 0 aromatic heterocycles. The highest BCUT2D eigenvalue weighted by atomic mass is 16.5. The van der Waals surface area contributed by atoms with E-state index in [1.807, 2.05) is 33.2 Å². The topological polar surface area (TPSA) is 47.7 Å². The maximum absolute atomic E-state index is 6.05. The summed E-state index contributed by atoms with van der Waals surface area (Å²) < 4.78 is 11.1. The van der Waals surface area contributed by atoms with Crippen LogP contribution in [-0.4, -0.2) is 28.3 Å². The van der Waals surface area contributed by atoms with Gasteiger partial charge in [0, 0.05) is 31.4 Å². The van der Waals surface area contributed by atoms with E-state index >= 15 is 0 Å². The minimum absolute atomic E-state index is 0.0735. The molecule has 0 amide bonds. The Morgan fingerprint density at radius 2 is 1.77 bits per heavy atom. The first-order valence-corrected chi connectivity index (χ1v) is 7.27. The number of nitrogens with two attached hydrogens (primary N) is 1. The fourth-order valence-corrected chi connectivity index (χ4v) is 2.41. The van der Waals surface area contributed by atoms with Gasteiger partial charge in [0.25, 0.3) is 0 Å². The third kappa shape index (κ3) is 3.17. The number of anilines is 1. The number of rotatable bonds is 5. The minimum Gasteiger partial charge on any atom is -0.493 e. The monoisotopic (exact) mass is 300 g/mol. The number of hydrogen-bond donors (Lipinski definition) is 1. The highest BCUT2D eigenvalue weighted by Crippen LogP contribution is 2.41. The molecule has 2 rings (SSSR count). The van der Waals surface area contributed by atoms with E-state index in [1.165, 1.54) is 0 Å². The van der Waals surface area contributed by atoms with Crippen molar-refractivity contribution in [3.63, 3.8) is 0 Å². The predicted molar refractivity (Wildman–Crippen MR) is 91.9 cm³/mol. The van der Waals surface area contributed by atoms with Gasteiger partial charge in [0.1, 0.15) is 0 Å². The Kier molecular flexibility index (Phi) is 4.93. The van der Waals surface area contributed by atoms with Crippen molar-refractivity contribution in [1.82, 2.24) is 0 Å². The highest BCUT2D eigenvalue weighted by molar-refractivity contribution is 5.77. The molecule has 0 spiro atoms. The minimum atomic E-state index is -0.0735. The summed E-state index contributed by atoms with van der Waals surface area (Å²) in [6.07, 6.45) is 0. The van der Waals surface area contributed by atoms with Gasteiger partial charge in [-0.25, -0.2) is 0 Å². The molecule has 0 aliphatic heterocycles.